The number of aryl methyl sites for hydroxylation is 1. The topological polar surface area (TPSA) is 41.5 Å². The molecular weight excluding hydrogens is 214 g/mol. The van der Waals surface area contributed by atoms with Crippen molar-refractivity contribution in [3.05, 3.63) is 29.3 Å². The van der Waals surface area contributed by atoms with Gasteiger partial charge in [-0.2, -0.15) is 0 Å². The highest BCUT2D eigenvalue weighted by atomic mass is 16.5. The second kappa shape index (κ2) is 6.62. The summed E-state index contributed by atoms with van der Waals surface area (Å²) in [6, 6.07) is 6.27. The molecule has 0 fully saturated rings. The molecular formula is C14H23NO2. The Labute approximate surface area is 104 Å². The zero-order chi connectivity index (χ0) is 12.8. The SMILES string of the molecule is CCC(CO)C(NC)c1cc(C)ccc1OC. The second-order valence-corrected chi connectivity index (χ2v) is 4.36. The highest BCUT2D eigenvalue weighted by Gasteiger charge is 2.22. The molecule has 0 amide bonds. The summed E-state index contributed by atoms with van der Waals surface area (Å²) in [5.41, 5.74) is 2.32. The highest BCUT2D eigenvalue weighted by molar-refractivity contribution is 5.39. The molecule has 96 valence electrons. The molecule has 0 radical (unpaired) electrons. The number of ether oxygens (including phenoxy) is 1. The first-order valence-electron chi connectivity index (χ1n) is 6.10. The fourth-order valence-electron chi connectivity index (χ4n) is 2.21. The molecule has 2 atom stereocenters. The van der Waals surface area contributed by atoms with Crippen LogP contribution in [0.1, 0.15) is 30.5 Å². The largest absolute Gasteiger partial charge is 0.496 e. The number of hydrogen-bond acceptors (Lipinski definition) is 3. The van der Waals surface area contributed by atoms with E-state index in [0.29, 0.717) is 0 Å². The molecule has 1 aromatic rings. The third-order valence-electron chi connectivity index (χ3n) is 3.26. The molecule has 17 heavy (non-hydrogen) atoms. The van der Waals surface area contributed by atoms with Crippen LogP contribution in [0.25, 0.3) is 0 Å². The number of aliphatic hydroxyl groups is 1. The summed E-state index contributed by atoms with van der Waals surface area (Å²) in [6.07, 6.45) is 0.930. The van der Waals surface area contributed by atoms with Crippen LogP contribution >= 0.6 is 0 Å². The van der Waals surface area contributed by atoms with E-state index in [0.717, 1.165) is 17.7 Å². The Morgan fingerprint density at radius 1 is 1.41 bits per heavy atom. The van der Waals surface area contributed by atoms with Gasteiger partial charge in [-0.05, 0) is 26.5 Å². The zero-order valence-electron chi connectivity index (χ0n) is 11.2. The van der Waals surface area contributed by atoms with Gasteiger partial charge in [0.05, 0.1) is 7.11 Å². The maximum Gasteiger partial charge on any atom is 0.123 e. The van der Waals surface area contributed by atoms with E-state index in [-0.39, 0.29) is 18.6 Å². The van der Waals surface area contributed by atoms with Gasteiger partial charge in [0.2, 0.25) is 0 Å². The molecule has 0 aliphatic carbocycles. The molecule has 1 rings (SSSR count). The standard InChI is InChI=1S/C14H23NO2/c1-5-11(9-16)14(15-3)12-8-10(2)6-7-13(12)17-4/h6-8,11,14-16H,5,9H2,1-4H3. The van der Waals surface area contributed by atoms with Crippen molar-refractivity contribution in [2.24, 2.45) is 5.92 Å². The van der Waals surface area contributed by atoms with E-state index >= 15 is 0 Å². The van der Waals surface area contributed by atoms with Crippen molar-refractivity contribution in [1.29, 1.82) is 0 Å². The molecule has 0 bridgehead atoms. The van der Waals surface area contributed by atoms with Gasteiger partial charge in [-0.25, -0.2) is 0 Å². The number of benzene rings is 1. The normalized spacial score (nSPS) is 14.4. The van der Waals surface area contributed by atoms with Gasteiger partial charge in [0.1, 0.15) is 5.75 Å². The smallest absolute Gasteiger partial charge is 0.123 e. The van der Waals surface area contributed by atoms with Crippen LogP contribution in [0, 0.1) is 12.8 Å². The van der Waals surface area contributed by atoms with E-state index in [4.69, 9.17) is 4.74 Å². The molecule has 0 spiro atoms. The molecule has 0 saturated carbocycles. The van der Waals surface area contributed by atoms with Crippen molar-refractivity contribution in [1.82, 2.24) is 5.32 Å². The minimum Gasteiger partial charge on any atom is -0.496 e. The van der Waals surface area contributed by atoms with E-state index in [9.17, 15) is 5.11 Å². The predicted octanol–water partition coefficient (Wildman–Crippen LogP) is 2.28. The monoisotopic (exact) mass is 237 g/mol. The Balaban J connectivity index is 3.13. The molecule has 0 saturated heterocycles. The Hall–Kier alpha value is -1.06. The van der Waals surface area contributed by atoms with Crippen molar-refractivity contribution in [2.45, 2.75) is 26.3 Å². The molecule has 0 heterocycles. The fraction of sp³-hybridized carbons (Fsp3) is 0.571. The van der Waals surface area contributed by atoms with Gasteiger partial charge in [-0.3, -0.25) is 0 Å². The van der Waals surface area contributed by atoms with Gasteiger partial charge in [-0.1, -0.05) is 24.6 Å². The first-order valence-corrected chi connectivity index (χ1v) is 6.10. The average Bonchev–Trinajstić information content (AvgIpc) is 2.35. The predicted molar refractivity (Wildman–Crippen MR) is 70.4 cm³/mol. The van der Waals surface area contributed by atoms with Gasteiger partial charge in [0.25, 0.3) is 0 Å². The van der Waals surface area contributed by atoms with Gasteiger partial charge >= 0.3 is 0 Å². The summed E-state index contributed by atoms with van der Waals surface area (Å²) in [5, 5.41) is 12.7. The number of hydrogen-bond donors (Lipinski definition) is 2. The summed E-state index contributed by atoms with van der Waals surface area (Å²) in [6.45, 7) is 4.34. The van der Waals surface area contributed by atoms with Crippen LogP contribution in [0.2, 0.25) is 0 Å². The van der Waals surface area contributed by atoms with E-state index in [1.807, 2.05) is 19.2 Å². The zero-order valence-corrected chi connectivity index (χ0v) is 11.2. The van der Waals surface area contributed by atoms with Crippen molar-refractivity contribution in [2.75, 3.05) is 20.8 Å². The second-order valence-electron chi connectivity index (χ2n) is 4.36. The number of rotatable bonds is 6. The molecule has 2 unspecified atom stereocenters. The van der Waals surface area contributed by atoms with Crippen LogP contribution in [-0.2, 0) is 0 Å². The summed E-state index contributed by atoms with van der Waals surface area (Å²) < 4.78 is 5.40. The molecule has 0 aromatic heterocycles. The van der Waals surface area contributed by atoms with E-state index in [1.54, 1.807) is 7.11 Å². The van der Waals surface area contributed by atoms with Crippen molar-refractivity contribution >= 4 is 0 Å². The minimum atomic E-state index is 0.125. The molecule has 3 nitrogen and oxygen atoms in total. The summed E-state index contributed by atoms with van der Waals surface area (Å²) in [5.74, 6) is 1.08. The number of aliphatic hydroxyl groups excluding tert-OH is 1. The summed E-state index contributed by atoms with van der Waals surface area (Å²) >= 11 is 0. The van der Waals surface area contributed by atoms with Crippen LogP contribution in [-0.4, -0.2) is 25.9 Å². The lowest BCUT2D eigenvalue weighted by Gasteiger charge is -2.26. The van der Waals surface area contributed by atoms with Gasteiger partial charge < -0.3 is 15.2 Å². The molecule has 1 aromatic carbocycles. The molecule has 3 heteroatoms. The maximum absolute atomic E-state index is 9.44. The van der Waals surface area contributed by atoms with Crippen molar-refractivity contribution < 1.29 is 9.84 Å². The lowest BCUT2D eigenvalue weighted by Crippen LogP contribution is -2.27. The van der Waals surface area contributed by atoms with Crippen LogP contribution < -0.4 is 10.1 Å². The van der Waals surface area contributed by atoms with Crippen LogP contribution in [0.3, 0.4) is 0 Å². The summed E-state index contributed by atoms with van der Waals surface area (Å²) in [7, 11) is 3.60. The number of nitrogens with one attached hydrogen (secondary N) is 1. The fourth-order valence-corrected chi connectivity index (χ4v) is 2.21. The molecule has 0 aliphatic heterocycles. The van der Waals surface area contributed by atoms with Gasteiger partial charge in [0.15, 0.2) is 0 Å². The first kappa shape index (κ1) is 14.0. The Bertz CT molecular complexity index is 348. The van der Waals surface area contributed by atoms with Crippen molar-refractivity contribution in [3.8, 4) is 5.75 Å². The highest BCUT2D eigenvalue weighted by Crippen LogP contribution is 2.32. The molecule has 2 N–H and O–H groups in total. The first-order chi connectivity index (χ1) is 8.17. The number of methoxy groups -OCH3 is 1. The maximum atomic E-state index is 9.44. The van der Waals surface area contributed by atoms with Crippen LogP contribution in [0.15, 0.2) is 18.2 Å². The lowest BCUT2D eigenvalue weighted by atomic mass is 9.90. The van der Waals surface area contributed by atoms with E-state index in [2.05, 4.69) is 25.2 Å². The van der Waals surface area contributed by atoms with E-state index in [1.165, 1.54) is 5.56 Å². The minimum absolute atomic E-state index is 0.125. The van der Waals surface area contributed by atoms with Gasteiger partial charge in [-0.15, -0.1) is 0 Å². The quantitative estimate of drug-likeness (QED) is 0.797. The Morgan fingerprint density at radius 2 is 2.12 bits per heavy atom. The third-order valence-corrected chi connectivity index (χ3v) is 3.26. The van der Waals surface area contributed by atoms with Crippen LogP contribution in [0.4, 0.5) is 0 Å². The summed E-state index contributed by atoms with van der Waals surface area (Å²) in [4.78, 5) is 0. The van der Waals surface area contributed by atoms with Crippen molar-refractivity contribution in [3.63, 3.8) is 0 Å². The van der Waals surface area contributed by atoms with E-state index < -0.39 is 0 Å². The average molecular weight is 237 g/mol. The lowest BCUT2D eigenvalue weighted by molar-refractivity contribution is 0.187. The van der Waals surface area contributed by atoms with Gasteiger partial charge in [0, 0.05) is 24.1 Å². The Morgan fingerprint density at radius 3 is 2.59 bits per heavy atom. The third kappa shape index (κ3) is 3.20. The molecule has 0 aliphatic rings. The Kier molecular flexibility index (Phi) is 5.45. The van der Waals surface area contributed by atoms with Crippen LogP contribution in [0.5, 0.6) is 5.75 Å².